The zero-order valence-electron chi connectivity index (χ0n) is 18.6. The van der Waals surface area contributed by atoms with E-state index in [2.05, 4.69) is 7.05 Å². The van der Waals surface area contributed by atoms with E-state index < -0.39 is 5.91 Å². The average Bonchev–Trinajstić information content (AvgIpc) is 3.04. The van der Waals surface area contributed by atoms with Crippen molar-refractivity contribution in [3.63, 3.8) is 0 Å². The number of hydrogen-bond acceptors (Lipinski definition) is 4. The number of hydrogen-bond donors (Lipinski definition) is 1. The first kappa shape index (κ1) is 26.3. The highest BCUT2D eigenvalue weighted by Gasteiger charge is 2.34. The van der Waals surface area contributed by atoms with Crippen LogP contribution in [0.5, 0.6) is 0 Å². The lowest BCUT2D eigenvalue weighted by Gasteiger charge is -2.37. The van der Waals surface area contributed by atoms with Gasteiger partial charge in [0.2, 0.25) is 11.8 Å². The molecule has 0 spiro atoms. The van der Waals surface area contributed by atoms with E-state index in [4.69, 9.17) is 17.3 Å². The molecule has 1 atom stereocenters. The summed E-state index contributed by atoms with van der Waals surface area (Å²) in [5, 5.41) is 0.631. The van der Waals surface area contributed by atoms with Gasteiger partial charge in [-0.3, -0.25) is 14.4 Å². The van der Waals surface area contributed by atoms with Crippen molar-refractivity contribution in [2.24, 2.45) is 5.73 Å². The van der Waals surface area contributed by atoms with Gasteiger partial charge in [-0.1, -0.05) is 23.7 Å². The lowest BCUT2D eigenvalue weighted by molar-refractivity contribution is -0.923. The Morgan fingerprint density at radius 3 is 2.41 bits per heavy atom. The molecule has 2 aromatic rings. The van der Waals surface area contributed by atoms with E-state index in [1.807, 2.05) is 12.1 Å². The molecule has 0 bridgehead atoms. The summed E-state index contributed by atoms with van der Waals surface area (Å²) in [5.74, 6) is -0.314. The number of rotatable bonds is 8. The van der Waals surface area contributed by atoms with Crippen LogP contribution in [-0.2, 0) is 35.4 Å². The molecule has 1 aromatic heterocycles. The molecule has 0 fully saturated rings. The summed E-state index contributed by atoms with van der Waals surface area (Å²) < 4.78 is 0.740. The predicted octanol–water partition coefficient (Wildman–Crippen LogP) is -0.160. The van der Waals surface area contributed by atoms with Crippen LogP contribution in [0.3, 0.4) is 0 Å². The molecule has 0 saturated heterocycles. The second-order valence-corrected chi connectivity index (χ2v) is 10.3. The van der Waals surface area contributed by atoms with Crippen molar-refractivity contribution in [1.82, 2.24) is 4.90 Å². The second-order valence-electron chi connectivity index (χ2n) is 8.70. The summed E-state index contributed by atoms with van der Waals surface area (Å²) >= 11 is 7.43. The number of quaternary nitrogens is 1. The van der Waals surface area contributed by atoms with Crippen LogP contribution in [0.2, 0.25) is 5.02 Å². The van der Waals surface area contributed by atoms with E-state index in [1.54, 1.807) is 31.1 Å². The number of ketones is 1. The Kier molecular flexibility index (Phi) is 8.88. The van der Waals surface area contributed by atoms with Crippen molar-refractivity contribution >= 4 is 40.5 Å². The van der Waals surface area contributed by atoms with E-state index in [1.165, 1.54) is 11.3 Å². The zero-order valence-corrected chi connectivity index (χ0v) is 20.9. The van der Waals surface area contributed by atoms with Crippen molar-refractivity contribution in [3.8, 4) is 0 Å². The number of fused-ring (bicyclic) bond motifs is 1. The Morgan fingerprint density at radius 2 is 1.81 bits per heavy atom. The fourth-order valence-electron chi connectivity index (χ4n) is 4.03. The Balaban J connectivity index is 0.00000363. The Labute approximate surface area is 204 Å². The van der Waals surface area contributed by atoms with Crippen LogP contribution in [0.1, 0.15) is 37.7 Å². The summed E-state index contributed by atoms with van der Waals surface area (Å²) in [6.45, 7) is 2.32. The fourth-order valence-corrected chi connectivity index (χ4v) is 5.72. The smallest absolute Gasteiger partial charge is 0.250 e. The molecule has 32 heavy (non-hydrogen) atoms. The van der Waals surface area contributed by atoms with Crippen LogP contribution in [0.15, 0.2) is 24.3 Å². The number of primary amides is 1. The number of carbonyl (C=O) groups excluding carboxylic acids is 3. The van der Waals surface area contributed by atoms with Crippen LogP contribution in [-0.4, -0.2) is 61.2 Å². The quantitative estimate of drug-likeness (QED) is 0.514. The third-order valence-electron chi connectivity index (χ3n) is 5.87. The van der Waals surface area contributed by atoms with Crippen molar-refractivity contribution in [2.45, 2.75) is 32.2 Å². The minimum absolute atomic E-state index is 0. The third-order valence-corrected chi connectivity index (χ3v) is 7.34. The highest BCUT2D eigenvalue weighted by Crippen LogP contribution is 2.36. The second kappa shape index (κ2) is 10.8. The highest BCUT2D eigenvalue weighted by atomic mass is 35.5. The first-order chi connectivity index (χ1) is 14.6. The molecule has 6 nitrogen and oxygen atoms in total. The molecule has 2 N–H and O–H groups in total. The minimum atomic E-state index is -0.467. The summed E-state index contributed by atoms with van der Waals surface area (Å²) in [6.07, 6.45) is 1.70. The number of nitrogens with two attached hydrogens (primary N) is 1. The highest BCUT2D eigenvalue weighted by molar-refractivity contribution is 7.12. The van der Waals surface area contributed by atoms with E-state index in [0.717, 1.165) is 51.4 Å². The van der Waals surface area contributed by atoms with Crippen molar-refractivity contribution < 1.29 is 31.3 Å². The Hall–Kier alpha value is -1.93. The molecular weight excluding hydrogens is 469 g/mol. The van der Waals surface area contributed by atoms with E-state index in [-0.39, 0.29) is 30.5 Å². The lowest BCUT2D eigenvalue weighted by Crippen LogP contribution is -3.00. The van der Waals surface area contributed by atoms with Gasteiger partial charge < -0.3 is 27.5 Å². The van der Waals surface area contributed by atoms with Gasteiger partial charge in [-0.2, -0.15) is 0 Å². The average molecular weight is 498 g/mol. The maximum absolute atomic E-state index is 12.7. The van der Waals surface area contributed by atoms with Crippen LogP contribution in [0.25, 0.3) is 0 Å². The topological polar surface area (TPSA) is 80.5 Å². The number of carbonyl (C=O) groups is 3. The molecule has 9 heteroatoms. The summed E-state index contributed by atoms with van der Waals surface area (Å²) in [4.78, 5) is 40.4. The monoisotopic (exact) mass is 497 g/mol. The molecule has 0 radical (unpaired) electrons. The molecule has 1 aliphatic rings. The number of benzene rings is 1. The van der Waals surface area contributed by atoms with Gasteiger partial charge in [-0.15, -0.1) is 11.3 Å². The van der Waals surface area contributed by atoms with Crippen LogP contribution in [0, 0.1) is 0 Å². The third kappa shape index (κ3) is 6.32. The van der Waals surface area contributed by atoms with Gasteiger partial charge in [-0.05, 0) is 23.3 Å². The van der Waals surface area contributed by atoms with Gasteiger partial charge in [0.05, 0.1) is 37.0 Å². The van der Waals surface area contributed by atoms with Gasteiger partial charge in [-0.25, -0.2) is 0 Å². The fraction of sp³-hybridized carbons (Fsp3) is 0.435. The SMILES string of the molecule is CN(C)C(=O)CC[N+]1(C)CCc2c(sc(CC(=O)Cc3ccc(Cl)cc3)c2C(N)=O)C1.[Cl-]. The largest absolute Gasteiger partial charge is 1.00 e. The minimum Gasteiger partial charge on any atom is -1.00 e. The molecule has 174 valence electrons. The van der Waals surface area contributed by atoms with Crippen LogP contribution >= 0.6 is 22.9 Å². The van der Waals surface area contributed by atoms with E-state index in [0.29, 0.717) is 23.4 Å². The van der Waals surface area contributed by atoms with Gasteiger partial charge in [0.25, 0.3) is 0 Å². The predicted molar refractivity (Wildman–Crippen MR) is 123 cm³/mol. The maximum Gasteiger partial charge on any atom is 0.250 e. The van der Waals surface area contributed by atoms with Gasteiger partial charge >= 0.3 is 0 Å². The molecule has 0 saturated carbocycles. The molecule has 3 rings (SSSR count). The number of halogens is 2. The van der Waals surface area contributed by atoms with Crippen LogP contribution < -0.4 is 18.1 Å². The molecule has 2 amide bonds. The summed E-state index contributed by atoms with van der Waals surface area (Å²) in [7, 11) is 5.67. The summed E-state index contributed by atoms with van der Waals surface area (Å²) in [6, 6.07) is 7.21. The maximum atomic E-state index is 12.7. The molecular formula is C23H29Cl2N3O3S. The lowest BCUT2D eigenvalue weighted by atomic mass is 9.97. The van der Waals surface area contributed by atoms with Crippen molar-refractivity contribution in [3.05, 3.63) is 55.7 Å². The first-order valence-corrected chi connectivity index (χ1v) is 11.5. The summed E-state index contributed by atoms with van der Waals surface area (Å²) in [5.41, 5.74) is 8.12. The van der Waals surface area contributed by atoms with Crippen LogP contribution in [0.4, 0.5) is 0 Å². The standard InChI is InChI=1S/C23H28ClN3O3S.ClH/c1-26(2)21(29)9-11-27(3)10-8-18-20(14-27)31-19(22(18)23(25)30)13-17(28)12-15-4-6-16(24)7-5-15;/h4-7H,8-14H2,1-3H3,(H-,25,30);1H. The number of thiophene rings is 1. The van der Waals surface area contributed by atoms with Crippen molar-refractivity contribution in [1.29, 1.82) is 0 Å². The Morgan fingerprint density at radius 1 is 1.16 bits per heavy atom. The molecule has 1 aliphatic heterocycles. The number of Topliss-reactive ketones (excluding diaryl/α,β-unsaturated/α-hetero) is 1. The van der Waals surface area contributed by atoms with Crippen molar-refractivity contribution in [2.75, 3.05) is 34.2 Å². The van der Waals surface area contributed by atoms with E-state index >= 15 is 0 Å². The zero-order chi connectivity index (χ0) is 22.8. The normalized spacial score (nSPS) is 17.2. The molecule has 1 aromatic carbocycles. The first-order valence-electron chi connectivity index (χ1n) is 10.3. The number of amides is 2. The molecule has 1 unspecified atom stereocenters. The molecule has 0 aliphatic carbocycles. The number of nitrogens with zero attached hydrogens (tertiary/aromatic N) is 2. The van der Waals surface area contributed by atoms with Gasteiger partial charge in [0.15, 0.2) is 0 Å². The van der Waals surface area contributed by atoms with Gasteiger partial charge in [0, 0.05) is 43.3 Å². The molecule has 2 heterocycles. The van der Waals surface area contributed by atoms with Gasteiger partial charge in [0.1, 0.15) is 12.3 Å². The Bertz CT molecular complexity index is 1000. The van der Waals surface area contributed by atoms with E-state index in [9.17, 15) is 14.4 Å². The number of likely N-dealkylation sites (N-methyl/N-ethyl adjacent to an activating group) is 1.